The predicted molar refractivity (Wildman–Crippen MR) is 107 cm³/mol. The summed E-state index contributed by atoms with van der Waals surface area (Å²) >= 11 is 0. The van der Waals surface area contributed by atoms with Crippen molar-refractivity contribution in [2.45, 2.75) is 50.8 Å². The fraction of sp³-hybridized carbons (Fsp3) is 0.650. The third-order valence-corrected chi connectivity index (χ3v) is 7.30. The van der Waals surface area contributed by atoms with Gasteiger partial charge in [0.05, 0.1) is 31.1 Å². The van der Waals surface area contributed by atoms with Crippen LogP contribution in [0.2, 0.25) is 0 Å². The molecule has 7 heteroatoms. The lowest BCUT2D eigenvalue weighted by Gasteiger charge is -2.31. The second-order valence-electron chi connectivity index (χ2n) is 7.41. The van der Waals surface area contributed by atoms with Crippen LogP contribution in [0.5, 0.6) is 0 Å². The van der Waals surface area contributed by atoms with Gasteiger partial charge in [0.25, 0.3) is 5.91 Å². The fourth-order valence-electron chi connectivity index (χ4n) is 3.27. The summed E-state index contributed by atoms with van der Waals surface area (Å²) < 4.78 is 27.3. The monoisotopic (exact) mass is 396 g/mol. The summed E-state index contributed by atoms with van der Waals surface area (Å²) in [6, 6.07) is 7.28. The van der Waals surface area contributed by atoms with E-state index in [9.17, 15) is 13.2 Å². The minimum atomic E-state index is -3.46. The number of unbranched alkanes of at least 4 members (excludes halogenated alkanes) is 1. The third-order valence-electron chi connectivity index (χ3n) is 5.39. The Kier molecular flexibility index (Phi) is 8.26. The van der Waals surface area contributed by atoms with Crippen molar-refractivity contribution in [2.24, 2.45) is 0 Å². The molecule has 0 aliphatic carbocycles. The Balaban J connectivity index is 1.89. The smallest absolute Gasteiger partial charge is 0.275 e. The molecule has 0 saturated carbocycles. The van der Waals surface area contributed by atoms with Crippen LogP contribution in [0.15, 0.2) is 29.2 Å². The highest BCUT2D eigenvalue weighted by Crippen LogP contribution is 2.22. The summed E-state index contributed by atoms with van der Waals surface area (Å²) in [5, 5.41) is 2.93. The van der Waals surface area contributed by atoms with Crippen LogP contribution in [0.3, 0.4) is 0 Å². The third kappa shape index (κ3) is 6.02. The number of nitrogens with zero attached hydrogens (tertiary/aromatic N) is 1. The van der Waals surface area contributed by atoms with Crippen LogP contribution >= 0.6 is 0 Å². The molecular weight excluding hydrogens is 362 g/mol. The molecule has 1 amide bonds. The van der Waals surface area contributed by atoms with E-state index in [2.05, 4.69) is 26.1 Å². The Morgan fingerprint density at radius 2 is 1.81 bits per heavy atom. The van der Waals surface area contributed by atoms with E-state index in [-0.39, 0.29) is 5.91 Å². The van der Waals surface area contributed by atoms with E-state index in [1.807, 2.05) is 12.1 Å². The van der Waals surface area contributed by atoms with Crippen molar-refractivity contribution in [3.05, 3.63) is 29.8 Å². The first-order chi connectivity index (χ1) is 12.9. The summed E-state index contributed by atoms with van der Waals surface area (Å²) in [7, 11) is -3.46. The van der Waals surface area contributed by atoms with E-state index in [4.69, 9.17) is 0 Å². The van der Waals surface area contributed by atoms with Crippen molar-refractivity contribution in [3.8, 4) is 0 Å². The van der Waals surface area contributed by atoms with E-state index < -0.39 is 10.0 Å². The summed E-state index contributed by atoms with van der Waals surface area (Å²) in [4.78, 5) is 13.4. The summed E-state index contributed by atoms with van der Waals surface area (Å²) in [5.41, 5.74) is 1.17. The molecule has 0 bridgehead atoms. The molecule has 1 fully saturated rings. The molecule has 1 saturated heterocycles. The van der Waals surface area contributed by atoms with E-state index in [1.165, 1.54) is 5.56 Å². The first-order valence-electron chi connectivity index (χ1n) is 10.1. The Hall–Kier alpha value is -1.44. The van der Waals surface area contributed by atoms with Gasteiger partial charge in [-0.15, -0.1) is 0 Å². The predicted octanol–water partition coefficient (Wildman–Crippen LogP) is 1.01. The van der Waals surface area contributed by atoms with Crippen LogP contribution in [-0.2, 0) is 14.8 Å². The van der Waals surface area contributed by atoms with Crippen LogP contribution in [0.1, 0.15) is 51.5 Å². The summed E-state index contributed by atoms with van der Waals surface area (Å²) in [5.74, 6) is 0.479. The van der Waals surface area contributed by atoms with Crippen molar-refractivity contribution in [1.29, 1.82) is 0 Å². The normalized spacial score (nSPS) is 17.6. The Morgan fingerprint density at radius 3 is 2.37 bits per heavy atom. The molecule has 0 aromatic heterocycles. The maximum atomic E-state index is 12.9. The number of amides is 1. The Bertz CT molecular complexity index is 696. The lowest BCUT2D eigenvalue weighted by Crippen LogP contribution is -3.15. The van der Waals surface area contributed by atoms with Gasteiger partial charge in [0.15, 0.2) is 6.54 Å². The lowest BCUT2D eigenvalue weighted by molar-refractivity contribution is -0.895. The Morgan fingerprint density at radius 1 is 1.19 bits per heavy atom. The van der Waals surface area contributed by atoms with Crippen LogP contribution in [0, 0.1) is 0 Å². The molecule has 27 heavy (non-hydrogen) atoms. The van der Waals surface area contributed by atoms with Gasteiger partial charge in [0, 0.05) is 6.54 Å². The lowest BCUT2D eigenvalue weighted by atomic mass is 9.99. The number of quaternary nitrogens is 1. The highest BCUT2D eigenvalue weighted by Gasteiger charge is 2.31. The highest BCUT2D eigenvalue weighted by molar-refractivity contribution is 7.89. The molecule has 2 N–H and O–H groups in total. The number of hydrogen-bond acceptors (Lipinski definition) is 3. The van der Waals surface area contributed by atoms with Gasteiger partial charge < -0.3 is 10.2 Å². The Labute approximate surface area is 164 Å². The van der Waals surface area contributed by atoms with Crippen molar-refractivity contribution in [3.63, 3.8) is 0 Å². The first-order valence-corrected chi connectivity index (χ1v) is 11.5. The summed E-state index contributed by atoms with van der Waals surface area (Å²) in [6.07, 6.45) is 3.08. The number of sulfonamides is 1. The highest BCUT2D eigenvalue weighted by atomic mass is 32.2. The topological polar surface area (TPSA) is 70.9 Å². The number of nitrogens with one attached hydrogen (secondary N) is 2. The molecular formula is C20H34N3O3S+. The maximum Gasteiger partial charge on any atom is 0.275 e. The van der Waals surface area contributed by atoms with Crippen molar-refractivity contribution in [1.82, 2.24) is 9.62 Å². The van der Waals surface area contributed by atoms with Crippen molar-refractivity contribution < 1.29 is 18.1 Å². The number of piperazine rings is 1. The van der Waals surface area contributed by atoms with Crippen molar-refractivity contribution >= 4 is 15.9 Å². The average molecular weight is 397 g/mol. The molecule has 1 aliphatic rings. The minimum Gasteiger partial charge on any atom is -0.351 e. The van der Waals surface area contributed by atoms with E-state index >= 15 is 0 Å². The van der Waals surface area contributed by atoms with Crippen LogP contribution < -0.4 is 10.2 Å². The van der Waals surface area contributed by atoms with Crippen LogP contribution in [-0.4, -0.2) is 57.9 Å². The van der Waals surface area contributed by atoms with Crippen LogP contribution in [0.4, 0.5) is 0 Å². The number of carbonyl (C=O) groups excluding carboxylic acids is 1. The van der Waals surface area contributed by atoms with Gasteiger partial charge in [-0.3, -0.25) is 4.79 Å². The summed E-state index contributed by atoms with van der Waals surface area (Å²) in [6.45, 7) is 9.72. The standard InChI is InChI=1S/C20H33N3O3S/c1-4-6-11-21-20(24)16-22-12-14-23(15-13-22)27(25,26)19-9-7-18(8-10-19)17(3)5-2/h7-10,17H,4-6,11-16H2,1-3H3,(H,21,24)/p+1/t17-/m1/s1. The van der Waals surface area contributed by atoms with Gasteiger partial charge in [-0.25, -0.2) is 8.42 Å². The second kappa shape index (κ2) is 10.2. The van der Waals surface area contributed by atoms with Crippen LogP contribution in [0.25, 0.3) is 0 Å². The molecule has 0 radical (unpaired) electrons. The molecule has 1 aromatic carbocycles. The molecule has 0 unspecified atom stereocenters. The van der Waals surface area contributed by atoms with Gasteiger partial charge in [0.2, 0.25) is 10.0 Å². The van der Waals surface area contributed by atoms with Gasteiger partial charge in [-0.2, -0.15) is 4.31 Å². The van der Waals surface area contributed by atoms with Gasteiger partial charge >= 0.3 is 0 Å². The molecule has 0 spiro atoms. The quantitative estimate of drug-likeness (QED) is 0.612. The number of carbonyl (C=O) groups is 1. The molecule has 2 rings (SSSR count). The fourth-order valence-corrected chi connectivity index (χ4v) is 4.71. The van der Waals surface area contributed by atoms with Gasteiger partial charge in [-0.05, 0) is 36.5 Å². The molecule has 1 heterocycles. The zero-order valence-corrected chi connectivity index (χ0v) is 17.6. The largest absolute Gasteiger partial charge is 0.351 e. The number of benzene rings is 1. The minimum absolute atomic E-state index is 0.0513. The van der Waals surface area contributed by atoms with Gasteiger partial charge in [0.1, 0.15) is 0 Å². The molecule has 6 nitrogen and oxygen atoms in total. The SMILES string of the molecule is CCCCNC(=O)C[NH+]1CCN(S(=O)(=O)c2ccc([C@H](C)CC)cc2)CC1. The molecule has 152 valence electrons. The zero-order chi connectivity index (χ0) is 19.9. The van der Waals surface area contributed by atoms with Gasteiger partial charge in [-0.1, -0.05) is 39.3 Å². The van der Waals surface area contributed by atoms with E-state index in [0.717, 1.165) is 30.7 Å². The first kappa shape index (κ1) is 21.9. The maximum absolute atomic E-state index is 12.9. The zero-order valence-electron chi connectivity index (χ0n) is 16.8. The number of hydrogen-bond donors (Lipinski definition) is 2. The second-order valence-corrected chi connectivity index (χ2v) is 9.35. The van der Waals surface area contributed by atoms with Crippen molar-refractivity contribution in [2.75, 3.05) is 39.3 Å². The molecule has 1 aliphatic heterocycles. The average Bonchev–Trinajstić information content (AvgIpc) is 2.68. The molecule has 1 atom stereocenters. The van der Waals surface area contributed by atoms with E-state index in [0.29, 0.717) is 43.5 Å². The van der Waals surface area contributed by atoms with E-state index in [1.54, 1.807) is 16.4 Å². The molecule has 1 aromatic rings. The number of rotatable bonds is 9.